The van der Waals surface area contributed by atoms with E-state index < -0.39 is 24.3 Å². The van der Waals surface area contributed by atoms with Gasteiger partial charge in [-0.3, -0.25) is 9.59 Å². The second kappa shape index (κ2) is 62.3. The normalized spacial score (nSPS) is 13.3. The number of likely N-dealkylation sites (N-methyl/N-ethyl adjacent to an activating group) is 1. The zero-order chi connectivity index (χ0) is 59.1. The number of nitrogens with zero attached hydrogens (tertiary/aromatic N) is 1. The first kappa shape index (κ1) is 77.2. The molecule has 0 aromatic rings. The number of carbonyl (C=O) groups is 3. The molecule has 0 fully saturated rings. The number of esters is 2. The Balaban J connectivity index is 4.17. The average Bonchev–Trinajstić information content (AvgIpc) is 3.44. The Labute approximate surface area is 499 Å². The van der Waals surface area contributed by atoms with Crippen LogP contribution in [0, 0.1) is 0 Å². The fraction of sp³-hybridized carbons (Fsp3) is 0.736. The standard InChI is InChI=1S/C72H125NO8/c1-6-8-10-12-14-16-18-20-22-24-26-28-30-32-33-34-35-36-37-39-41-43-45-47-49-51-53-55-57-59-61-63-70(75)81-68(67-80-72(71(76)77)78-65-64-73(3,4)5)66-79-69(74)62-60-58-56-54-52-50-48-46-44-42-40-38-31-29-27-25-23-21-19-17-15-13-11-9-7-2/h8,10,14,16,19-22,25-28,32-33,35-36,68,72H,6-7,9,11-13,15,17-18,23-24,29-31,34,37-67H2,1-5H3/p+1/b10-8-,16-14-,21-19-,22-20-,27-25-,28-26-,33-32-,36-35-. The average molecular weight is 1130 g/mol. The maximum absolute atomic E-state index is 12.9. The summed E-state index contributed by atoms with van der Waals surface area (Å²) in [6, 6.07) is 0. The number of aliphatic carboxylic acids is 1. The van der Waals surface area contributed by atoms with Crippen molar-refractivity contribution in [3.05, 3.63) is 97.2 Å². The minimum absolute atomic E-state index is 0.184. The molecule has 1 N–H and O–H groups in total. The summed E-state index contributed by atoms with van der Waals surface area (Å²) in [6.07, 6.45) is 82.1. The molecule has 0 amide bonds. The fourth-order valence-corrected chi connectivity index (χ4v) is 9.23. The highest BCUT2D eigenvalue weighted by atomic mass is 16.7. The summed E-state index contributed by atoms with van der Waals surface area (Å²) in [4.78, 5) is 37.6. The molecular formula is C72H126NO8+. The Kier molecular flexibility index (Phi) is 59.3. The lowest BCUT2D eigenvalue weighted by molar-refractivity contribution is -0.870. The van der Waals surface area contributed by atoms with Crippen LogP contribution >= 0.6 is 0 Å². The van der Waals surface area contributed by atoms with Crippen molar-refractivity contribution < 1.29 is 42.9 Å². The van der Waals surface area contributed by atoms with E-state index in [1.165, 1.54) is 167 Å². The monoisotopic (exact) mass is 1130 g/mol. The van der Waals surface area contributed by atoms with Gasteiger partial charge in [-0.1, -0.05) is 272 Å². The van der Waals surface area contributed by atoms with Crippen LogP contribution in [0.1, 0.15) is 284 Å². The third-order valence-corrected chi connectivity index (χ3v) is 14.3. The number of carboxylic acids is 1. The van der Waals surface area contributed by atoms with Crippen LogP contribution in [0.2, 0.25) is 0 Å². The third-order valence-electron chi connectivity index (χ3n) is 14.3. The molecule has 81 heavy (non-hydrogen) atoms. The number of ether oxygens (including phenoxy) is 4. The molecule has 9 nitrogen and oxygen atoms in total. The first-order valence-electron chi connectivity index (χ1n) is 33.4. The summed E-state index contributed by atoms with van der Waals surface area (Å²) < 4.78 is 23.0. The lowest BCUT2D eigenvalue weighted by Gasteiger charge is -2.25. The lowest BCUT2D eigenvalue weighted by atomic mass is 10.0. The zero-order valence-corrected chi connectivity index (χ0v) is 53.2. The molecule has 0 aromatic carbocycles. The lowest BCUT2D eigenvalue weighted by Crippen LogP contribution is -2.40. The van der Waals surface area contributed by atoms with Crippen LogP contribution in [0.3, 0.4) is 0 Å². The molecule has 0 spiro atoms. The Morgan fingerprint density at radius 3 is 1.05 bits per heavy atom. The maximum Gasteiger partial charge on any atom is 0.361 e. The summed E-state index contributed by atoms with van der Waals surface area (Å²) in [7, 11) is 5.97. The SMILES string of the molecule is CC/C=C\C/C=C\C/C=C\C/C=C\C/C=C\C/C=C\CCCCCCCCCCCCCCC(=O)OC(COC(=O)CCCCCCCCCCCCCCC/C=C\C/C=C\CCCCCCC)COC(OCC[N+](C)(C)C)C(=O)O. The molecule has 0 aromatic heterocycles. The summed E-state index contributed by atoms with van der Waals surface area (Å²) in [5.41, 5.74) is 0. The molecule has 0 rings (SSSR count). The van der Waals surface area contributed by atoms with Gasteiger partial charge in [-0.2, -0.15) is 0 Å². The molecule has 0 saturated heterocycles. The highest BCUT2D eigenvalue weighted by Gasteiger charge is 2.25. The van der Waals surface area contributed by atoms with Gasteiger partial charge in [0.2, 0.25) is 0 Å². The van der Waals surface area contributed by atoms with E-state index in [0.29, 0.717) is 23.9 Å². The van der Waals surface area contributed by atoms with Crippen LogP contribution in [0.5, 0.6) is 0 Å². The van der Waals surface area contributed by atoms with Gasteiger partial charge < -0.3 is 28.5 Å². The summed E-state index contributed by atoms with van der Waals surface area (Å²) in [5.74, 6) is -2.00. The van der Waals surface area contributed by atoms with Crippen molar-refractivity contribution in [1.29, 1.82) is 0 Å². The number of hydrogen-bond acceptors (Lipinski definition) is 7. The summed E-state index contributed by atoms with van der Waals surface area (Å²) in [6.45, 7) is 4.77. The predicted octanol–water partition coefficient (Wildman–Crippen LogP) is 20.5. The van der Waals surface area contributed by atoms with Crippen LogP contribution in [0.4, 0.5) is 0 Å². The molecule has 2 unspecified atom stereocenters. The van der Waals surface area contributed by atoms with E-state index in [1.807, 2.05) is 21.1 Å². The molecule has 9 heteroatoms. The smallest absolute Gasteiger partial charge is 0.361 e. The van der Waals surface area contributed by atoms with Crippen molar-refractivity contribution in [1.82, 2.24) is 0 Å². The largest absolute Gasteiger partial charge is 0.477 e. The van der Waals surface area contributed by atoms with E-state index in [2.05, 4.69) is 111 Å². The van der Waals surface area contributed by atoms with E-state index in [0.717, 1.165) is 83.5 Å². The van der Waals surface area contributed by atoms with Gasteiger partial charge in [0.25, 0.3) is 6.29 Å². The van der Waals surface area contributed by atoms with E-state index in [9.17, 15) is 19.5 Å². The predicted molar refractivity (Wildman–Crippen MR) is 345 cm³/mol. The van der Waals surface area contributed by atoms with Gasteiger partial charge in [-0.15, -0.1) is 0 Å². The Morgan fingerprint density at radius 2 is 0.704 bits per heavy atom. The first-order chi connectivity index (χ1) is 39.6. The molecule has 2 atom stereocenters. The van der Waals surface area contributed by atoms with E-state index >= 15 is 0 Å². The quantitative estimate of drug-likeness (QED) is 0.0211. The van der Waals surface area contributed by atoms with Crippen LogP contribution in [-0.4, -0.2) is 87.4 Å². The number of hydrogen-bond donors (Lipinski definition) is 1. The number of carboxylic acid groups (broad SMARTS) is 1. The van der Waals surface area contributed by atoms with E-state index in [1.54, 1.807) is 0 Å². The number of rotatable bonds is 61. The molecule has 0 saturated carbocycles. The molecule has 0 radical (unpaired) electrons. The van der Waals surface area contributed by atoms with Crippen LogP contribution in [0.25, 0.3) is 0 Å². The van der Waals surface area contributed by atoms with Crippen molar-refractivity contribution in [2.75, 3.05) is 47.5 Å². The highest BCUT2D eigenvalue weighted by Crippen LogP contribution is 2.17. The minimum Gasteiger partial charge on any atom is -0.477 e. The van der Waals surface area contributed by atoms with Gasteiger partial charge in [0.15, 0.2) is 6.10 Å². The van der Waals surface area contributed by atoms with Gasteiger partial charge in [-0.05, 0) is 96.3 Å². The van der Waals surface area contributed by atoms with Gasteiger partial charge in [-0.25, -0.2) is 4.79 Å². The molecule has 0 aliphatic rings. The Hall–Kier alpha value is -3.79. The van der Waals surface area contributed by atoms with Gasteiger partial charge in [0, 0.05) is 12.8 Å². The van der Waals surface area contributed by atoms with Crippen molar-refractivity contribution in [2.24, 2.45) is 0 Å². The Bertz CT molecular complexity index is 1650. The second-order valence-electron chi connectivity index (χ2n) is 23.4. The molecule has 0 bridgehead atoms. The summed E-state index contributed by atoms with van der Waals surface area (Å²) >= 11 is 0. The van der Waals surface area contributed by atoms with Gasteiger partial charge in [0.1, 0.15) is 13.2 Å². The second-order valence-corrected chi connectivity index (χ2v) is 23.4. The molecule has 0 aliphatic carbocycles. The number of carbonyl (C=O) groups excluding carboxylic acids is 2. The van der Waals surface area contributed by atoms with Crippen molar-refractivity contribution >= 4 is 17.9 Å². The Morgan fingerprint density at radius 1 is 0.383 bits per heavy atom. The topological polar surface area (TPSA) is 108 Å². The number of allylic oxidation sites excluding steroid dienone is 16. The van der Waals surface area contributed by atoms with Gasteiger partial charge >= 0.3 is 17.9 Å². The number of unbranched alkanes of at least 4 members (excludes halogenated alkanes) is 30. The maximum atomic E-state index is 12.9. The van der Waals surface area contributed by atoms with Gasteiger partial charge in [0.05, 0.1) is 34.4 Å². The van der Waals surface area contributed by atoms with Crippen molar-refractivity contribution in [2.45, 2.75) is 296 Å². The van der Waals surface area contributed by atoms with E-state index in [4.69, 9.17) is 18.9 Å². The minimum atomic E-state index is -1.52. The van der Waals surface area contributed by atoms with E-state index in [-0.39, 0.29) is 32.2 Å². The summed E-state index contributed by atoms with van der Waals surface area (Å²) in [5, 5.41) is 9.74. The molecular weight excluding hydrogens is 1010 g/mol. The molecule has 466 valence electrons. The van der Waals surface area contributed by atoms with Crippen molar-refractivity contribution in [3.63, 3.8) is 0 Å². The van der Waals surface area contributed by atoms with Crippen LogP contribution in [-0.2, 0) is 33.3 Å². The van der Waals surface area contributed by atoms with Crippen LogP contribution < -0.4 is 0 Å². The zero-order valence-electron chi connectivity index (χ0n) is 53.2. The number of quaternary nitrogens is 1. The highest BCUT2D eigenvalue weighted by molar-refractivity contribution is 5.71. The molecule has 0 aliphatic heterocycles. The first-order valence-corrected chi connectivity index (χ1v) is 33.4. The van der Waals surface area contributed by atoms with Crippen LogP contribution in [0.15, 0.2) is 97.2 Å². The third kappa shape index (κ3) is 63.6. The van der Waals surface area contributed by atoms with Crippen molar-refractivity contribution in [3.8, 4) is 0 Å². The molecule has 0 heterocycles. The fourth-order valence-electron chi connectivity index (χ4n) is 9.23.